The maximum absolute atomic E-state index is 5.58. The van der Waals surface area contributed by atoms with E-state index in [1.807, 2.05) is 42.8 Å². The molecule has 5 nitrogen and oxygen atoms in total. The van der Waals surface area contributed by atoms with Crippen LogP contribution >= 0.6 is 23.6 Å². The van der Waals surface area contributed by atoms with Crippen LogP contribution in [0.25, 0.3) is 10.8 Å². The third-order valence-corrected chi connectivity index (χ3v) is 4.45. The summed E-state index contributed by atoms with van der Waals surface area (Å²) in [5.41, 5.74) is 1.17. The second-order valence-electron chi connectivity index (χ2n) is 5.16. The summed E-state index contributed by atoms with van der Waals surface area (Å²) in [4.78, 5) is 3.47. The van der Waals surface area contributed by atoms with E-state index < -0.39 is 0 Å². The Hall–Kier alpha value is -1.96. The molecule has 2 aromatic heterocycles. The monoisotopic (exact) mass is 347 g/mol. The number of benzene rings is 1. The van der Waals surface area contributed by atoms with Crippen molar-refractivity contribution in [3.05, 3.63) is 52.2 Å². The number of thiophene rings is 1. The molecule has 3 aromatic rings. The van der Waals surface area contributed by atoms with E-state index in [9.17, 15) is 0 Å². The summed E-state index contributed by atoms with van der Waals surface area (Å²) in [5.74, 6) is 1.42. The van der Waals surface area contributed by atoms with Gasteiger partial charge in [-0.2, -0.15) is 0 Å². The lowest BCUT2D eigenvalue weighted by molar-refractivity contribution is 0.240. The first kappa shape index (κ1) is 15.9. The van der Waals surface area contributed by atoms with Crippen molar-refractivity contribution in [3.8, 4) is 16.5 Å². The zero-order chi connectivity index (χ0) is 16.2. The Balaban J connectivity index is 1.70. The van der Waals surface area contributed by atoms with Crippen LogP contribution in [0.5, 0.6) is 5.75 Å². The van der Waals surface area contributed by atoms with Crippen molar-refractivity contribution in [1.29, 1.82) is 0 Å². The number of rotatable bonds is 6. The van der Waals surface area contributed by atoms with Crippen LogP contribution in [-0.2, 0) is 13.2 Å². The topological polar surface area (TPSA) is 43.4 Å². The van der Waals surface area contributed by atoms with Crippen LogP contribution in [0.2, 0.25) is 0 Å². The molecule has 0 aliphatic carbocycles. The van der Waals surface area contributed by atoms with E-state index in [4.69, 9.17) is 21.4 Å². The highest BCUT2D eigenvalue weighted by atomic mass is 32.1. The van der Waals surface area contributed by atoms with Gasteiger partial charge in [0.05, 0.1) is 18.7 Å². The zero-order valence-corrected chi connectivity index (χ0v) is 14.6. The van der Waals surface area contributed by atoms with Gasteiger partial charge >= 0.3 is 0 Å². The highest BCUT2D eigenvalue weighted by Crippen LogP contribution is 2.23. The molecule has 3 rings (SSSR count). The van der Waals surface area contributed by atoms with Crippen LogP contribution in [0, 0.1) is 4.84 Å². The average Bonchev–Trinajstić information content (AvgIpc) is 3.18. The van der Waals surface area contributed by atoms with Crippen molar-refractivity contribution in [2.24, 2.45) is 0 Å². The molecular formula is C16H17N3O2S2. The van der Waals surface area contributed by atoms with Gasteiger partial charge in [0.15, 0.2) is 0 Å². The van der Waals surface area contributed by atoms with Crippen LogP contribution in [0.15, 0.2) is 46.2 Å². The van der Waals surface area contributed by atoms with E-state index in [2.05, 4.69) is 16.1 Å². The molecule has 2 heterocycles. The van der Waals surface area contributed by atoms with Gasteiger partial charge < -0.3 is 9.15 Å². The lowest BCUT2D eigenvalue weighted by Gasteiger charge is -2.16. The summed E-state index contributed by atoms with van der Waals surface area (Å²) >= 11 is 6.84. The van der Waals surface area contributed by atoms with Gasteiger partial charge in [-0.05, 0) is 48.4 Å². The molecule has 0 aliphatic heterocycles. The zero-order valence-electron chi connectivity index (χ0n) is 12.9. The predicted molar refractivity (Wildman–Crippen MR) is 93.1 cm³/mol. The Kier molecular flexibility index (Phi) is 4.90. The first-order chi connectivity index (χ1) is 11.2. The molecule has 0 atom stereocenters. The standard InChI is InChI=1S/C16H17N3O2S2/c1-18(10-12-5-3-6-13(9-12)20-2)11-19-16(22)21-15(17-19)14-7-4-8-23-14/h3-9H,10-11H2,1-2H3. The van der Waals surface area contributed by atoms with Gasteiger partial charge in [0.25, 0.3) is 10.7 Å². The van der Waals surface area contributed by atoms with Crippen molar-refractivity contribution in [2.75, 3.05) is 14.2 Å². The molecular weight excluding hydrogens is 330 g/mol. The van der Waals surface area contributed by atoms with Gasteiger partial charge in [0.2, 0.25) is 0 Å². The second kappa shape index (κ2) is 7.08. The largest absolute Gasteiger partial charge is 0.497 e. The average molecular weight is 347 g/mol. The molecule has 0 spiro atoms. The van der Waals surface area contributed by atoms with Crippen molar-refractivity contribution in [3.63, 3.8) is 0 Å². The highest BCUT2D eigenvalue weighted by molar-refractivity contribution is 7.71. The van der Waals surface area contributed by atoms with Crippen LogP contribution in [0.3, 0.4) is 0 Å². The first-order valence-electron chi connectivity index (χ1n) is 7.09. The van der Waals surface area contributed by atoms with Gasteiger partial charge in [-0.15, -0.1) is 16.4 Å². The molecule has 0 amide bonds. The Morgan fingerprint density at radius 1 is 1.35 bits per heavy atom. The maximum Gasteiger partial charge on any atom is 0.288 e. The molecule has 120 valence electrons. The van der Waals surface area contributed by atoms with Crippen LogP contribution < -0.4 is 4.74 Å². The Bertz CT molecular complexity index is 824. The fraction of sp³-hybridized carbons (Fsp3) is 0.250. The Labute approximate surface area is 143 Å². The molecule has 0 N–H and O–H groups in total. The van der Waals surface area contributed by atoms with E-state index >= 15 is 0 Å². The van der Waals surface area contributed by atoms with Gasteiger partial charge in [-0.1, -0.05) is 18.2 Å². The number of hydrogen-bond acceptors (Lipinski definition) is 6. The van der Waals surface area contributed by atoms with Crippen molar-refractivity contribution < 1.29 is 9.15 Å². The van der Waals surface area contributed by atoms with Crippen LogP contribution in [0.1, 0.15) is 5.56 Å². The van der Waals surface area contributed by atoms with Gasteiger partial charge in [0.1, 0.15) is 5.75 Å². The molecule has 0 saturated heterocycles. The SMILES string of the molecule is COc1cccc(CN(C)Cn2nc(-c3cccs3)oc2=S)c1. The number of methoxy groups -OCH3 is 1. The van der Waals surface area contributed by atoms with Gasteiger partial charge in [-0.3, -0.25) is 4.90 Å². The fourth-order valence-corrected chi connectivity index (χ4v) is 3.08. The predicted octanol–water partition coefficient (Wildman–Crippen LogP) is 4.03. The normalized spacial score (nSPS) is 11.1. The fourth-order valence-electron chi connectivity index (χ4n) is 2.26. The molecule has 0 saturated carbocycles. The van der Waals surface area contributed by atoms with Gasteiger partial charge in [-0.25, -0.2) is 4.68 Å². The minimum atomic E-state index is 0.380. The second-order valence-corrected chi connectivity index (χ2v) is 6.45. The van der Waals surface area contributed by atoms with E-state index in [1.54, 1.807) is 23.1 Å². The molecule has 7 heteroatoms. The molecule has 0 unspecified atom stereocenters. The number of ether oxygens (including phenoxy) is 1. The van der Waals surface area contributed by atoms with Gasteiger partial charge in [0, 0.05) is 6.54 Å². The minimum Gasteiger partial charge on any atom is -0.497 e. The summed E-state index contributed by atoms with van der Waals surface area (Å²) in [5, 5.41) is 6.45. The Morgan fingerprint density at radius 3 is 2.96 bits per heavy atom. The summed E-state index contributed by atoms with van der Waals surface area (Å²) in [6.07, 6.45) is 0. The number of nitrogens with zero attached hydrogens (tertiary/aromatic N) is 3. The molecule has 0 fully saturated rings. The molecule has 23 heavy (non-hydrogen) atoms. The van der Waals surface area contributed by atoms with Crippen molar-refractivity contribution in [2.45, 2.75) is 13.2 Å². The third-order valence-electron chi connectivity index (χ3n) is 3.30. The molecule has 0 aliphatic rings. The lowest BCUT2D eigenvalue weighted by atomic mass is 10.2. The van der Waals surface area contributed by atoms with Crippen LogP contribution in [-0.4, -0.2) is 28.8 Å². The third kappa shape index (κ3) is 3.87. The first-order valence-corrected chi connectivity index (χ1v) is 8.38. The maximum atomic E-state index is 5.58. The lowest BCUT2D eigenvalue weighted by Crippen LogP contribution is -2.22. The number of aromatic nitrogens is 2. The number of hydrogen-bond donors (Lipinski definition) is 0. The van der Waals surface area contributed by atoms with Crippen molar-refractivity contribution >= 4 is 23.6 Å². The minimum absolute atomic E-state index is 0.380. The summed E-state index contributed by atoms with van der Waals surface area (Å²) < 4.78 is 12.5. The van der Waals surface area contributed by atoms with E-state index in [-0.39, 0.29) is 0 Å². The Morgan fingerprint density at radius 2 is 2.22 bits per heavy atom. The highest BCUT2D eigenvalue weighted by Gasteiger charge is 2.11. The summed E-state index contributed by atoms with van der Waals surface area (Å²) in [7, 11) is 3.68. The van der Waals surface area contributed by atoms with E-state index in [0.29, 0.717) is 17.4 Å². The molecule has 1 aromatic carbocycles. The van der Waals surface area contributed by atoms with Crippen molar-refractivity contribution in [1.82, 2.24) is 14.7 Å². The quantitative estimate of drug-likeness (QED) is 0.630. The molecule has 0 bridgehead atoms. The van der Waals surface area contributed by atoms with Crippen LogP contribution in [0.4, 0.5) is 0 Å². The smallest absolute Gasteiger partial charge is 0.288 e. The summed E-state index contributed by atoms with van der Waals surface area (Å²) in [6, 6.07) is 11.9. The van der Waals surface area contributed by atoms with E-state index in [0.717, 1.165) is 17.2 Å². The van der Waals surface area contributed by atoms with E-state index in [1.165, 1.54) is 5.56 Å². The summed E-state index contributed by atoms with van der Waals surface area (Å²) in [6.45, 7) is 1.32. The molecule has 0 radical (unpaired) electrons.